The van der Waals surface area contributed by atoms with Crippen LogP contribution in [0.1, 0.15) is 29.8 Å². The molecule has 3 aromatic rings. The van der Waals surface area contributed by atoms with Crippen molar-refractivity contribution < 1.29 is 31.8 Å². The van der Waals surface area contributed by atoms with Gasteiger partial charge in [-0.15, -0.1) is 8.78 Å². The number of halogens is 4. The van der Waals surface area contributed by atoms with Gasteiger partial charge in [-0.05, 0) is 47.9 Å². The molecule has 0 unspecified atom stereocenters. The van der Waals surface area contributed by atoms with Crippen molar-refractivity contribution in [2.45, 2.75) is 27.1 Å². The average molecular weight is 434 g/mol. The molecule has 0 saturated heterocycles. The summed E-state index contributed by atoms with van der Waals surface area (Å²) in [4.78, 5) is 15.5. The van der Waals surface area contributed by atoms with Crippen LogP contribution in [-0.4, -0.2) is 17.2 Å². The van der Waals surface area contributed by atoms with E-state index in [2.05, 4.69) is 19.8 Å². The summed E-state index contributed by atoms with van der Waals surface area (Å²) in [5.74, 6) is -3.26. The van der Waals surface area contributed by atoms with Crippen LogP contribution in [0.4, 0.5) is 23.2 Å². The van der Waals surface area contributed by atoms with Gasteiger partial charge in [-0.2, -0.15) is 0 Å². The summed E-state index contributed by atoms with van der Waals surface area (Å²) in [5.41, 5.74) is 1.50. The number of pyridine rings is 1. The molecule has 2 aromatic carbocycles. The lowest BCUT2D eigenvalue weighted by atomic mass is 9.99. The summed E-state index contributed by atoms with van der Waals surface area (Å²) in [6.07, 6.45) is -2.22. The zero-order valence-electron chi connectivity index (χ0n) is 16.8. The maximum Gasteiger partial charge on any atom is 0.586 e. The standard InChI is InChI=1S/C20H12F4N2O3.C2H6/c1-10-6-16-17(29-20(23,24)28-16)7-13(10)11-2-4-12(5-3-11)26-19(27)18-14(21)8-25-9-15(18)22;1-2/h2-9H,1H3,(H,26,27);1-2H3. The van der Waals surface area contributed by atoms with Gasteiger partial charge in [-0.25, -0.2) is 8.78 Å². The SMILES string of the molecule is CC.Cc1cc2c(cc1-c1ccc(NC(=O)c3c(F)cncc3F)cc1)OC(F)(F)O2. The van der Waals surface area contributed by atoms with Gasteiger partial charge in [0.15, 0.2) is 23.1 Å². The van der Waals surface area contributed by atoms with Gasteiger partial charge in [0, 0.05) is 5.69 Å². The molecule has 0 spiro atoms. The second kappa shape index (κ2) is 8.63. The number of alkyl halides is 2. The summed E-state index contributed by atoms with van der Waals surface area (Å²) < 4.78 is 62.7. The quantitative estimate of drug-likeness (QED) is 0.519. The minimum atomic E-state index is -3.71. The van der Waals surface area contributed by atoms with Crippen LogP contribution < -0.4 is 14.8 Å². The van der Waals surface area contributed by atoms with E-state index >= 15 is 0 Å². The summed E-state index contributed by atoms with van der Waals surface area (Å²) >= 11 is 0. The number of anilines is 1. The van der Waals surface area contributed by atoms with E-state index in [4.69, 9.17) is 0 Å². The van der Waals surface area contributed by atoms with E-state index in [0.717, 1.165) is 12.4 Å². The van der Waals surface area contributed by atoms with E-state index in [9.17, 15) is 22.4 Å². The van der Waals surface area contributed by atoms with Gasteiger partial charge in [-0.3, -0.25) is 9.78 Å². The lowest BCUT2D eigenvalue weighted by Crippen LogP contribution is -2.25. The Morgan fingerprint density at radius 3 is 2.10 bits per heavy atom. The van der Waals surface area contributed by atoms with Crippen LogP contribution in [0.3, 0.4) is 0 Å². The zero-order valence-corrected chi connectivity index (χ0v) is 16.8. The minimum absolute atomic E-state index is 0.0541. The first kappa shape index (κ1) is 22.1. The zero-order chi connectivity index (χ0) is 22.8. The predicted molar refractivity (Wildman–Crippen MR) is 106 cm³/mol. The number of fused-ring (bicyclic) bond motifs is 1. The highest BCUT2D eigenvalue weighted by atomic mass is 19.3. The fraction of sp³-hybridized carbons (Fsp3) is 0.182. The van der Waals surface area contributed by atoms with E-state index in [1.807, 2.05) is 13.8 Å². The highest BCUT2D eigenvalue weighted by Gasteiger charge is 2.43. The third kappa shape index (κ3) is 4.60. The minimum Gasteiger partial charge on any atom is -0.395 e. The molecule has 0 radical (unpaired) electrons. The molecule has 5 nitrogen and oxygen atoms in total. The average Bonchev–Trinajstić information content (AvgIpc) is 3.02. The first-order chi connectivity index (χ1) is 14.7. The molecule has 0 aliphatic carbocycles. The molecule has 0 fully saturated rings. The molecule has 1 aliphatic heterocycles. The number of hydrogen-bond donors (Lipinski definition) is 1. The maximum atomic E-state index is 13.7. The van der Waals surface area contributed by atoms with E-state index in [1.54, 1.807) is 19.1 Å². The summed E-state index contributed by atoms with van der Waals surface area (Å²) in [6, 6.07) is 9.15. The van der Waals surface area contributed by atoms with Crippen LogP contribution in [0.2, 0.25) is 0 Å². The lowest BCUT2D eigenvalue weighted by Gasteiger charge is -2.10. The van der Waals surface area contributed by atoms with Crippen LogP contribution in [-0.2, 0) is 0 Å². The number of amides is 1. The number of hydrogen-bond acceptors (Lipinski definition) is 4. The molecule has 2 heterocycles. The van der Waals surface area contributed by atoms with Crippen LogP contribution in [0.25, 0.3) is 11.1 Å². The molecule has 162 valence electrons. The number of nitrogens with one attached hydrogen (secondary N) is 1. The smallest absolute Gasteiger partial charge is 0.395 e. The Morgan fingerprint density at radius 2 is 1.52 bits per heavy atom. The Labute approximate surface area is 175 Å². The number of aromatic nitrogens is 1. The molecule has 9 heteroatoms. The van der Waals surface area contributed by atoms with Gasteiger partial charge in [0.2, 0.25) is 0 Å². The molecule has 31 heavy (non-hydrogen) atoms. The number of rotatable bonds is 3. The number of carbonyl (C=O) groups excluding carboxylic acids is 1. The molecular weight excluding hydrogens is 416 g/mol. The van der Waals surface area contributed by atoms with Crippen LogP contribution in [0.15, 0.2) is 48.8 Å². The van der Waals surface area contributed by atoms with Gasteiger partial charge in [0.1, 0.15) is 5.56 Å². The largest absolute Gasteiger partial charge is 0.586 e. The highest BCUT2D eigenvalue weighted by molar-refractivity contribution is 6.04. The van der Waals surface area contributed by atoms with E-state index in [-0.39, 0.29) is 11.5 Å². The van der Waals surface area contributed by atoms with Gasteiger partial charge < -0.3 is 14.8 Å². The second-order valence-electron chi connectivity index (χ2n) is 6.29. The first-order valence-corrected chi connectivity index (χ1v) is 9.35. The Balaban J connectivity index is 0.00000132. The van der Waals surface area contributed by atoms with E-state index in [1.165, 1.54) is 24.3 Å². The number of aryl methyl sites for hydroxylation is 1. The number of carbonyl (C=O) groups is 1. The van der Waals surface area contributed by atoms with Crippen molar-refractivity contribution in [3.8, 4) is 22.6 Å². The third-order valence-electron chi connectivity index (χ3n) is 4.28. The maximum absolute atomic E-state index is 13.7. The van der Waals surface area contributed by atoms with Crippen molar-refractivity contribution in [3.05, 3.63) is 71.6 Å². The van der Waals surface area contributed by atoms with Crippen molar-refractivity contribution in [2.75, 3.05) is 5.32 Å². The Kier molecular flexibility index (Phi) is 6.14. The molecular formula is C22H18F4N2O3. The molecule has 1 N–H and O–H groups in total. The number of ether oxygens (including phenoxy) is 2. The third-order valence-corrected chi connectivity index (χ3v) is 4.28. The van der Waals surface area contributed by atoms with Crippen molar-refractivity contribution in [1.29, 1.82) is 0 Å². The van der Waals surface area contributed by atoms with Crippen LogP contribution in [0.5, 0.6) is 11.5 Å². The van der Waals surface area contributed by atoms with Gasteiger partial charge in [-0.1, -0.05) is 26.0 Å². The van der Waals surface area contributed by atoms with Gasteiger partial charge in [0.25, 0.3) is 5.91 Å². The molecule has 1 aromatic heterocycles. The molecule has 0 saturated carbocycles. The van der Waals surface area contributed by atoms with Crippen molar-refractivity contribution in [2.24, 2.45) is 0 Å². The van der Waals surface area contributed by atoms with Crippen LogP contribution >= 0.6 is 0 Å². The fourth-order valence-electron chi connectivity index (χ4n) is 2.96. The van der Waals surface area contributed by atoms with Crippen LogP contribution in [0, 0.1) is 18.6 Å². The molecule has 4 rings (SSSR count). The summed E-state index contributed by atoms with van der Waals surface area (Å²) in [6.45, 7) is 5.72. The number of nitrogens with zero attached hydrogens (tertiary/aromatic N) is 1. The Hall–Kier alpha value is -3.62. The molecule has 1 amide bonds. The molecule has 0 atom stereocenters. The second-order valence-corrected chi connectivity index (χ2v) is 6.29. The Morgan fingerprint density at radius 1 is 0.968 bits per heavy atom. The van der Waals surface area contributed by atoms with Crippen molar-refractivity contribution >= 4 is 11.6 Å². The fourth-order valence-corrected chi connectivity index (χ4v) is 2.96. The number of benzene rings is 2. The first-order valence-electron chi connectivity index (χ1n) is 9.35. The molecule has 1 aliphatic rings. The highest BCUT2D eigenvalue weighted by Crippen LogP contribution is 2.44. The predicted octanol–water partition coefficient (Wildman–Crippen LogP) is 5.94. The van der Waals surface area contributed by atoms with E-state index in [0.29, 0.717) is 22.4 Å². The van der Waals surface area contributed by atoms with Gasteiger partial charge >= 0.3 is 6.29 Å². The van der Waals surface area contributed by atoms with E-state index < -0.39 is 29.4 Å². The monoisotopic (exact) mass is 434 g/mol. The van der Waals surface area contributed by atoms with Crippen molar-refractivity contribution in [1.82, 2.24) is 4.98 Å². The van der Waals surface area contributed by atoms with Crippen molar-refractivity contribution in [3.63, 3.8) is 0 Å². The Bertz CT molecular complexity index is 1100. The topological polar surface area (TPSA) is 60.5 Å². The molecule has 0 bridgehead atoms. The summed E-state index contributed by atoms with van der Waals surface area (Å²) in [5, 5.41) is 2.40. The summed E-state index contributed by atoms with van der Waals surface area (Å²) in [7, 11) is 0. The normalized spacial score (nSPS) is 13.3. The lowest BCUT2D eigenvalue weighted by molar-refractivity contribution is -0.286. The van der Waals surface area contributed by atoms with Gasteiger partial charge in [0.05, 0.1) is 12.4 Å².